The maximum absolute atomic E-state index is 12.4. The average molecular weight is 432 g/mol. The van der Waals surface area contributed by atoms with Crippen LogP contribution in [0.1, 0.15) is 34.4 Å². The van der Waals surface area contributed by atoms with Crippen LogP contribution in [0.3, 0.4) is 0 Å². The van der Waals surface area contributed by atoms with Crippen molar-refractivity contribution in [2.75, 3.05) is 6.61 Å². The summed E-state index contributed by atoms with van der Waals surface area (Å²) in [5, 5.41) is 3.41. The molecular formula is C22H22ClNO4S. The number of furan rings is 1. The SMILES string of the molecule is CCOc1ccc(CNC(=O)c2ccc(CS(=O)Cc3ccccc3Cl)o2)cc1. The Balaban J connectivity index is 1.51. The molecule has 7 heteroatoms. The summed E-state index contributed by atoms with van der Waals surface area (Å²) in [5.74, 6) is 1.73. The van der Waals surface area contributed by atoms with E-state index in [1.54, 1.807) is 18.2 Å². The number of ether oxygens (including phenoxy) is 1. The third-order valence-electron chi connectivity index (χ3n) is 4.15. The Hall–Kier alpha value is -2.57. The Morgan fingerprint density at radius 3 is 2.55 bits per heavy atom. The summed E-state index contributed by atoms with van der Waals surface area (Å²) in [6.07, 6.45) is 0. The first-order valence-electron chi connectivity index (χ1n) is 9.22. The van der Waals surface area contributed by atoms with E-state index in [1.165, 1.54) is 0 Å². The van der Waals surface area contributed by atoms with Gasteiger partial charge in [-0.15, -0.1) is 0 Å². The Kier molecular flexibility index (Phi) is 7.49. The molecule has 152 valence electrons. The van der Waals surface area contributed by atoms with Crippen LogP contribution in [0.25, 0.3) is 0 Å². The van der Waals surface area contributed by atoms with E-state index in [1.807, 2.05) is 49.4 Å². The Morgan fingerprint density at radius 2 is 1.83 bits per heavy atom. The zero-order valence-corrected chi connectivity index (χ0v) is 17.6. The number of hydrogen-bond donors (Lipinski definition) is 1. The normalized spacial score (nSPS) is 11.8. The van der Waals surface area contributed by atoms with Crippen LogP contribution >= 0.6 is 11.6 Å². The third kappa shape index (κ3) is 6.21. The van der Waals surface area contributed by atoms with E-state index in [4.69, 9.17) is 20.8 Å². The maximum atomic E-state index is 12.4. The highest BCUT2D eigenvalue weighted by molar-refractivity contribution is 7.83. The van der Waals surface area contributed by atoms with E-state index >= 15 is 0 Å². The lowest BCUT2D eigenvalue weighted by Gasteiger charge is -2.06. The van der Waals surface area contributed by atoms with Crippen LogP contribution in [0.5, 0.6) is 5.75 Å². The maximum Gasteiger partial charge on any atom is 0.287 e. The van der Waals surface area contributed by atoms with Crippen molar-refractivity contribution >= 4 is 28.3 Å². The van der Waals surface area contributed by atoms with E-state index in [2.05, 4.69) is 5.32 Å². The van der Waals surface area contributed by atoms with Crippen molar-refractivity contribution in [2.24, 2.45) is 0 Å². The summed E-state index contributed by atoms with van der Waals surface area (Å²) in [6.45, 7) is 2.91. The highest BCUT2D eigenvalue weighted by atomic mass is 35.5. The molecule has 0 spiro atoms. The molecule has 0 bridgehead atoms. The van der Waals surface area contributed by atoms with Gasteiger partial charge in [0.05, 0.1) is 18.1 Å². The second kappa shape index (κ2) is 10.3. The Labute approximate surface area is 177 Å². The fraction of sp³-hybridized carbons (Fsp3) is 0.227. The van der Waals surface area contributed by atoms with E-state index in [0.717, 1.165) is 16.9 Å². The molecule has 1 unspecified atom stereocenters. The number of amides is 1. The van der Waals surface area contributed by atoms with Gasteiger partial charge in [-0.25, -0.2) is 0 Å². The number of carbonyl (C=O) groups excluding carboxylic acids is 1. The lowest BCUT2D eigenvalue weighted by atomic mass is 10.2. The first kappa shape index (κ1) is 21.1. The van der Waals surface area contributed by atoms with Gasteiger partial charge >= 0.3 is 0 Å². The van der Waals surface area contributed by atoms with Gasteiger partial charge in [0.1, 0.15) is 11.5 Å². The van der Waals surface area contributed by atoms with Crippen LogP contribution in [0.15, 0.2) is 65.1 Å². The van der Waals surface area contributed by atoms with E-state index in [0.29, 0.717) is 29.7 Å². The van der Waals surface area contributed by atoms with Gasteiger partial charge in [0, 0.05) is 22.4 Å². The number of carbonyl (C=O) groups is 1. The van der Waals surface area contributed by atoms with E-state index < -0.39 is 10.8 Å². The molecule has 29 heavy (non-hydrogen) atoms. The molecule has 2 aromatic carbocycles. The first-order valence-corrected chi connectivity index (χ1v) is 11.1. The number of nitrogens with one attached hydrogen (secondary N) is 1. The van der Waals surface area contributed by atoms with Crippen LogP contribution in [0.4, 0.5) is 0 Å². The third-order valence-corrected chi connectivity index (χ3v) is 5.76. The molecule has 0 aliphatic heterocycles. The molecule has 0 saturated heterocycles. The lowest BCUT2D eigenvalue weighted by molar-refractivity contribution is 0.0921. The molecule has 0 aliphatic carbocycles. The standard InChI is InChI=1S/C22H22ClNO4S/c1-2-27-18-9-7-16(8-10-18)13-24-22(25)21-12-11-19(28-21)15-29(26)14-17-5-3-4-6-20(17)23/h3-12H,2,13-15H2,1H3,(H,24,25). The number of benzene rings is 2. The molecule has 1 heterocycles. The fourth-order valence-corrected chi connectivity index (χ4v) is 4.17. The summed E-state index contributed by atoms with van der Waals surface area (Å²) in [4.78, 5) is 12.3. The number of hydrogen-bond acceptors (Lipinski definition) is 4. The Morgan fingerprint density at radius 1 is 1.07 bits per heavy atom. The van der Waals surface area contributed by atoms with Crippen LogP contribution < -0.4 is 10.1 Å². The molecule has 0 fully saturated rings. The topological polar surface area (TPSA) is 68.5 Å². The smallest absolute Gasteiger partial charge is 0.287 e. The minimum atomic E-state index is -1.19. The van der Waals surface area contributed by atoms with Gasteiger partial charge in [0.15, 0.2) is 5.76 Å². The fourth-order valence-electron chi connectivity index (χ4n) is 2.72. The predicted octanol–water partition coefficient (Wildman–Crippen LogP) is 4.71. The first-order chi connectivity index (χ1) is 14.0. The van der Waals surface area contributed by atoms with Crippen molar-refractivity contribution in [1.29, 1.82) is 0 Å². The highest BCUT2D eigenvalue weighted by Crippen LogP contribution is 2.19. The molecule has 1 atom stereocenters. The average Bonchev–Trinajstić information content (AvgIpc) is 3.17. The van der Waals surface area contributed by atoms with Crippen molar-refractivity contribution in [3.63, 3.8) is 0 Å². The molecule has 0 aliphatic rings. The molecule has 3 rings (SSSR count). The molecule has 3 aromatic rings. The zero-order chi connectivity index (χ0) is 20.6. The van der Waals surface area contributed by atoms with Gasteiger partial charge in [-0.2, -0.15) is 0 Å². The molecule has 5 nitrogen and oxygen atoms in total. The monoisotopic (exact) mass is 431 g/mol. The predicted molar refractivity (Wildman–Crippen MR) is 114 cm³/mol. The van der Waals surface area contributed by atoms with Crippen LogP contribution in [-0.4, -0.2) is 16.7 Å². The summed E-state index contributed by atoms with van der Waals surface area (Å²) in [7, 11) is -1.19. The molecule has 1 N–H and O–H groups in total. The largest absolute Gasteiger partial charge is 0.494 e. The Bertz CT molecular complexity index is 984. The number of rotatable bonds is 9. The number of halogens is 1. The second-order valence-corrected chi connectivity index (χ2v) is 8.21. The van der Waals surface area contributed by atoms with Crippen molar-refractivity contribution in [1.82, 2.24) is 5.32 Å². The molecular weight excluding hydrogens is 410 g/mol. The molecule has 0 saturated carbocycles. The van der Waals surface area contributed by atoms with Gasteiger partial charge in [0.2, 0.25) is 0 Å². The lowest BCUT2D eigenvalue weighted by Crippen LogP contribution is -2.22. The summed E-state index contributed by atoms with van der Waals surface area (Å²) >= 11 is 6.11. The van der Waals surface area contributed by atoms with E-state index in [-0.39, 0.29) is 17.4 Å². The van der Waals surface area contributed by atoms with Gasteiger partial charge in [-0.3, -0.25) is 9.00 Å². The van der Waals surface area contributed by atoms with Gasteiger partial charge in [-0.1, -0.05) is 41.9 Å². The van der Waals surface area contributed by atoms with Gasteiger partial charge in [0.25, 0.3) is 5.91 Å². The van der Waals surface area contributed by atoms with Gasteiger partial charge < -0.3 is 14.5 Å². The van der Waals surface area contributed by atoms with Gasteiger partial charge in [-0.05, 0) is 48.4 Å². The zero-order valence-electron chi connectivity index (χ0n) is 16.0. The van der Waals surface area contributed by atoms with E-state index in [9.17, 15) is 9.00 Å². The van der Waals surface area contributed by atoms with Crippen molar-refractivity contribution in [2.45, 2.75) is 25.0 Å². The minimum Gasteiger partial charge on any atom is -0.494 e. The molecule has 1 aromatic heterocycles. The van der Waals surface area contributed by atoms with Crippen LogP contribution in [-0.2, 0) is 28.9 Å². The quantitative estimate of drug-likeness (QED) is 0.532. The summed E-state index contributed by atoms with van der Waals surface area (Å²) in [5.41, 5.74) is 1.78. The molecule has 1 amide bonds. The van der Waals surface area contributed by atoms with Crippen molar-refractivity contribution < 1.29 is 18.2 Å². The van der Waals surface area contributed by atoms with Crippen molar-refractivity contribution in [3.05, 3.63) is 88.3 Å². The summed E-state index contributed by atoms with van der Waals surface area (Å²) < 4.78 is 23.3. The second-order valence-electron chi connectivity index (χ2n) is 6.35. The van der Waals surface area contributed by atoms with Crippen LogP contribution in [0.2, 0.25) is 5.02 Å². The van der Waals surface area contributed by atoms with Crippen LogP contribution in [0, 0.1) is 0 Å². The highest BCUT2D eigenvalue weighted by Gasteiger charge is 2.13. The van der Waals surface area contributed by atoms with Crippen molar-refractivity contribution in [3.8, 4) is 5.75 Å². The molecule has 0 radical (unpaired) electrons. The minimum absolute atomic E-state index is 0.195. The summed E-state index contributed by atoms with van der Waals surface area (Å²) in [6, 6.07) is 18.1.